The Bertz CT molecular complexity index is 909. The van der Waals surface area contributed by atoms with Gasteiger partial charge in [0.05, 0.1) is 4.90 Å². The largest absolute Gasteiger partial charge is 0.454 e. The summed E-state index contributed by atoms with van der Waals surface area (Å²) < 4.78 is 39.5. The van der Waals surface area contributed by atoms with Gasteiger partial charge in [-0.25, -0.2) is 13.1 Å². The molecule has 1 N–H and O–H groups in total. The summed E-state index contributed by atoms with van der Waals surface area (Å²) in [6.45, 7) is 9.58. The van der Waals surface area contributed by atoms with Gasteiger partial charge in [-0.2, -0.15) is 0 Å². The molecule has 134 valence electrons. The quantitative estimate of drug-likeness (QED) is 0.902. The first-order chi connectivity index (χ1) is 11.7. The normalized spacial score (nSPS) is 14.6. The van der Waals surface area contributed by atoms with E-state index >= 15 is 0 Å². The van der Waals surface area contributed by atoms with Gasteiger partial charge in [0.25, 0.3) is 0 Å². The molecule has 25 heavy (non-hydrogen) atoms. The van der Waals surface area contributed by atoms with Crippen LogP contribution in [0.4, 0.5) is 0 Å². The highest BCUT2D eigenvalue weighted by atomic mass is 32.2. The van der Waals surface area contributed by atoms with E-state index in [4.69, 9.17) is 9.47 Å². The van der Waals surface area contributed by atoms with Crippen molar-refractivity contribution in [3.05, 3.63) is 52.1 Å². The molecule has 0 bridgehead atoms. The van der Waals surface area contributed by atoms with E-state index in [0.717, 1.165) is 27.8 Å². The lowest BCUT2D eigenvalue weighted by atomic mass is 10.0. The lowest BCUT2D eigenvalue weighted by Crippen LogP contribution is -2.28. The highest BCUT2D eigenvalue weighted by molar-refractivity contribution is 7.89. The van der Waals surface area contributed by atoms with Gasteiger partial charge in [0, 0.05) is 6.04 Å². The molecule has 1 atom stereocenters. The lowest BCUT2D eigenvalue weighted by molar-refractivity contribution is 0.174. The smallest absolute Gasteiger partial charge is 0.241 e. The Morgan fingerprint density at radius 3 is 2.20 bits per heavy atom. The van der Waals surface area contributed by atoms with Crippen LogP contribution in [0.2, 0.25) is 0 Å². The van der Waals surface area contributed by atoms with Crippen molar-refractivity contribution in [3.8, 4) is 11.5 Å². The molecule has 5 nitrogen and oxygen atoms in total. The summed E-state index contributed by atoms with van der Waals surface area (Å²) in [5.74, 6) is 1.32. The molecule has 2 aromatic rings. The SMILES string of the molecule is Cc1cc(C)c(C)c(S(=O)(=O)N[C@@H](C)c2ccc3c(c2)OCO3)c1C. The van der Waals surface area contributed by atoms with Crippen molar-refractivity contribution in [2.45, 2.75) is 45.6 Å². The Hall–Kier alpha value is -2.05. The molecule has 0 unspecified atom stereocenters. The van der Waals surface area contributed by atoms with Crippen molar-refractivity contribution in [2.24, 2.45) is 0 Å². The van der Waals surface area contributed by atoms with Crippen molar-refractivity contribution in [1.29, 1.82) is 0 Å². The van der Waals surface area contributed by atoms with E-state index in [1.165, 1.54) is 0 Å². The Kier molecular flexibility index (Phi) is 4.51. The number of fused-ring (bicyclic) bond motifs is 1. The Balaban J connectivity index is 1.94. The summed E-state index contributed by atoms with van der Waals surface area (Å²) in [7, 11) is -3.65. The summed E-state index contributed by atoms with van der Waals surface area (Å²) >= 11 is 0. The number of rotatable bonds is 4. The number of hydrogen-bond donors (Lipinski definition) is 1. The molecular formula is C19H23NO4S. The van der Waals surface area contributed by atoms with Crippen molar-refractivity contribution >= 4 is 10.0 Å². The Morgan fingerprint density at radius 1 is 0.960 bits per heavy atom. The maximum Gasteiger partial charge on any atom is 0.241 e. The van der Waals surface area contributed by atoms with Crippen molar-refractivity contribution in [2.75, 3.05) is 6.79 Å². The van der Waals surface area contributed by atoms with Crippen LogP contribution in [-0.4, -0.2) is 15.2 Å². The van der Waals surface area contributed by atoms with Crippen molar-refractivity contribution in [3.63, 3.8) is 0 Å². The van der Waals surface area contributed by atoms with Gasteiger partial charge in [0.15, 0.2) is 11.5 Å². The van der Waals surface area contributed by atoms with Gasteiger partial charge < -0.3 is 9.47 Å². The minimum absolute atomic E-state index is 0.194. The van der Waals surface area contributed by atoms with Crippen LogP contribution >= 0.6 is 0 Å². The Labute approximate surface area is 149 Å². The number of nitrogens with one attached hydrogen (secondary N) is 1. The molecule has 0 radical (unpaired) electrons. The summed E-state index contributed by atoms with van der Waals surface area (Å²) in [6, 6.07) is 7.10. The fraction of sp³-hybridized carbons (Fsp3) is 0.368. The molecule has 0 aliphatic carbocycles. The molecule has 0 saturated heterocycles. The van der Waals surface area contributed by atoms with Crippen LogP contribution in [0, 0.1) is 27.7 Å². The fourth-order valence-electron chi connectivity index (χ4n) is 3.13. The molecule has 1 heterocycles. The van der Waals surface area contributed by atoms with Crippen LogP contribution < -0.4 is 14.2 Å². The van der Waals surface area contributed by atoms with E-state index in [1.54, 1.807) is 6.07 Å². The first-order valence-corrected chi connectivity index (χ1v) is 9.68. The molecule has 0 spiro atoms. The van der Waals surface area contributed by atoms with Gasteiger partial charge in [-0.1, -0.05) is 12.1 Å². The number of hydrogen-bond acceptors (Lipinski definition) is 4. The van der Waals surface area contributed by atoms with Crippen LogP contribution in [0.25, 0.3) is 0 Å². The van der Waals surface area contributed by atoms with E-state index < -0.39 is 10.0 Å². The van der Waals surface area contributed by atoms with Gasteiger partial charge >= 0.3 is 0 Å². The average molecular weight is 361 g/mol. The molecule has 0 saturated carbocycles. The maximum atomic E-state index is 13.0. The minimum atomic E-state index is -3.65. The second kappa shape index (κ2) is 6.35. The lowest BCUT2D eigenvalue weighted by Gasteiger charge is -2.19. The van der Waals surface area contributed by atoms with Gasteiger partial charge in [-0.3, -0.25) is 0 Å². The van der Waals surface area contributed by atoms with Gasteiger partial charge in [-0.05, 0) is 74.6 Å². The molecule has 2 aromatic carbocycles. The second-order valence-electron chi connectivity index (χ2n) is 6.55. The Morgan fingerprint density at radius 2 is 1.56 bits per heavy atom. The molecule has 3 rings (SSSR count). The molecule has 0 aromatic heterocycles. The average Bonchev–Trinajstić information content (AvgIpc) is 3.00. The van der Waals surface area contributed by atoms with E-state index in [-0.39, 0.29) is 12.8 Å². The zero-order chi connectivity index (χ0) is 18.4. The van der Waals surface area contributed by atoms with E-state index in [1.807, 2.05) is 52.8 Å². The van der Waals surface area contributed by atoms with E-state index in [2.05, 4.69) is 4.72 Å². The van der Waals surface area contributed by atoms with Crippen LogP contribution in [0.15, 0.2) is 29.2 Å². The summed E-state index contributed by atoms with van der Waals surface area (Å²) in [6.07, 6.45) is 0. The van der Waals surface area contributed by atoms with Gasteiger partial charge in [0.2, 0.25) is 16.8 Å². The van der Waals surface area contributed by atoms with Crippen LogP contribution in [0.5, 0.6) is 11.5 Å². The van der Waals surface area contributed by atoms with Crippen molar-refractivity contribution in [1.82, 2.24) is 4.72 Å². The van der Waals surface area contributed by atoms with E-state index in [0.29, 0.717) is 16.4 Å². The zero-order valence-electron chi connectivity index (χ0n) is 15.1. The molecular weight excluding hydrogens is 338 g/mol. The van der Waals surface area contributed by atoms with Crippen LogP contribution in [0.3, 0.4) is 0 Å². The van der Waals surface area contributed by atoms with Gasteiger partial charge in [-0.15, -0.1) is 0 Å². The zero-order valence-corrected chi connectivity index (χ0v) is 16.0. The van der Waals surface area contributed by atoms with Crippen molar-refractivity contribution < 1.29 is 17.9 Å². The topological polar surface area (TPSA) is 64.6 Å². The third-order valence-corrected chi connectivity index (χ3v) is 6.61. The predicted octanol–water partition coefficient (Wildman–Crippen LogP) is 3.69. The number of benzene rings is 2. The molecule has 6 heteroatoms. The first kappa shape index (κ1) is 17.8. The summed E-state index contributed by atoms with van der Waals surface area (Å²) in [4.78, 5) is 0.373. The van der Waals surface area contributed by atoms with Crippen LogP contribution in [0.1, 0.15) is 40.8 Å². The molecule has 0 amide bonds. The van der Waals surface area contributed by atoms with Crippen LogP contribution in [-0.2, 0) is 10.0 Å². The predicted molar refractivity (Wildman–Crippen MR) is 96.7 cm³/mol. The van der Waals surface area contributed by atoms with Gasteiger partial charge in [0.1, 0.15) is 0 Å². The third kappa shape index (κ3) is 3.24. The first-order valence-electron chi connectivity index (χ1n) is 8.20. The molecule has 1 aliphatic rings. The number of sulfonamides is 1. The number of aryl methyl sites for hydroxylation is 2. The molecule has 0 fully saturated rings. The summed E-state index contributed by atoms with van der Waals surface area (Å²) in [5, 5.41) is 0. The second-order valence-corrected chi connectivity index (χ2v) is 8.20. The molecule has 1 aliphatic heterocycles. The van der Waals surface area contributed by atoms with E-state index in [9.17, 15) is 8.42 Å². The monoisotopic (exact) mass is 361 g/mol. The minimum Gasteiger partial charge on any atom is -0.454 e. The summed E-state index contributed by atoms with van der Waals surface area (Å²) in [5.41, 5.74) is 4.34. The highest BCUT2D eigenvalue weighted by Crippen LogP contribution is 2.35. The maximum absolute atomic E-state index is 13.0. The third-order valence-electron chi connectivity index (χ3n) is 4.79. The highest BCUT2D eigenvalue weighted by Gasteiger charge is 2.25. The fourth-order valence-corrected chi connectivity index (χ4v) is 4.97. The standard InChI is InChI=1S/C19H23NO4S/c1-11-8-12(2)14(4)19(13(11)3)25(21,22)20-15(5)16-6-7-17-18(9-16)24-10-23-17/h6-9,15,20H,10H2,1-5H3/t15-/m0/s1. The number of ether oxygens (including phenoxy) is 2.